The van der Waals surface area contributed by atoms with Gasteiger partial charge in [0.15, 0.2) is 0 Å². The van der Waals surface area contributed by atoms with Gasteiger partial charge in [0.2, 0.25) is 11.8 Å². The number of nitrogens with one attached hydrogen (secondary N) is 1. The molecule has 1 unspecified atom stereocenters. The molecule has 1 aliphatic carbocycles. The number of rotatable bonds is 4. The van der Waals surface area contributed by atoms with E-state index in [1.54, 1.807) is 11.1 Å². The maximum Gasteiger partial charge on any atom is 0.246 e. The second-order valence-corrected chi connectivity index (χ2v) is 7.70. The molecule has 3 heterocycles. The molecule has 8 heteroatoms. The summed E-state index contributed by atoms with van der Waals surface area (Å²) in [6, 6.07) is 1.90. The number of hydrogen-bond donors (Lipinski definition) is 1. The Morgan fingerprint density at radius 1 is 1.14 bits per heavy atom. The molecule has 0 spiro atoms. The summed E-state index contributed by atoms with van der Waals surface area (Å²) in [6.45, 7) is 2.93. The van der Waals surface area contributed by atoms with E-state index in [0.717, 1.165) is 44.6 Å². The standard InChI is InChI=1S/C21H26N6O2/c1-15(28)25-19-13-20(23-14-22-19)26-11-8-17(9-12-26)21(29)27-18(7-10-24-27)16-5-3-2-4-6-16/h2-5,10,13-14,16-18H,6-9,11-12H2,1H3,(H,22,23,25,28)/t16?,18-/m0/s1. The zero-order valence-electron chi connectivity index (χ0n) is 16.6. The lowest BCUT2D eigenvalue weighted by Crippen LogP contribution is -2.45. The summed E-state index contributed by atoms with van der Waals surface area (Å²) in [5.41, 5.74) is 0. The molecule has 0 bridgehead atoms. The Morgan fingerprint density at radius 3 is 2.69 bits per heavy atom. The van der Waals surface area contributed by atoms with Crippen molar-refractivity contribution in [1.29, 1.82) is 0 Å². The van der Waals surface area contributed by atoms with Crippen molar-refractivity contribution in [3.05, 3.63) is 36.7 Å². The highest BCUT2D eigenvalue weighted by Crippen LogP contribution is 2.30. The van der Waals surface area contributed by atoms with Crippen LogP contribution in [0, 0.1) is 11.8 Å². The minimum Gasteiger partial charge on any atom is -0.356 e. The maximum absolute atomic E-state index is 13.2. The average Bonchev–Trinajstić information content (AvgIpc) is 3.24. The van der Waals surface area contributed by atoms with Crippen molar-refractivity contribution < 1.29 is 9.59 Å². The first-order valence-electron chi connectivity index (χ1n) is 10.2. The molecule has 0 saturated carbocycles. The number of aromatic nitrogens is 2. The van der Waals surface area contributed by atoms with Gasteiger partial charge in [0.05, 0.1) is 6.04 Å². The zero-order valence-corrected chi connectivity index (χ0v) is 16.6. The first kappa shape index (κ1) is 19.3. The molecule has 29 heavy (non-hydrogen) atoms. The molecule has 152 valence electrons. The third-order valence-electron chi connectivity index (χ3n) is 5.73. The highest BCUT2D eigenvalue weighted by Gasteiger charge is 2.37. The summed E-state index contributed by atoms with van der Waals surface area (Å²) in [6.07, 6.45) is 15.1. The molecule has 1 fully saturated rings. The number of nitrogens with zero attached hydrogens (tertiary/aromatic N) is 5. The van der Waals surface area contributed by atoms with E-state index < -0.39 is 0 Å². The van der Waals surface area contributed by atoms with Gasteiger partial charge < -0.3 is 10.2 Å². The van der Waals surface area contributed by atoms with Crippen LogP contribution in [0.1, 0.15) is 32.6 Å². The third kappa shape index (κ3) is 4.36. The number of carbonyl (C=O) groups is 2. The molecular weight excluding hydrogens is 368 g/mol. The van der Waals surface area contributed by atoms with Crippen LogP contribution in [0.3, 0.4) is 0 Å². The number of piperidine rings is 1. The van der Waals surface area contributed by atoms with Gasteiger partial charge in [-0.15, -0.1) is 0 Å². The van der Waals surface area contributed by atoms with Crippen molar-refractivity contribution in [3.63, 3.8) is 0 Å². The molecule has 0 aromatic carbocycles. The normalized spacial score (nSPS) is 24.2. The Labute approximate surface area is 170 Å². The molecular formula is C21H26N6O2. The van der Waals surface area contributed by atoms with E-state index in [0.29, 0.717) is 11.7 Å². The largest absolute Gasteiger partial charge is 0.356 e. The van der Waals surface area contributed by atoms with Gasteiger partial charge >= 0.3 is 0 Å². The zero-order chi connectivity index (χ0) is 20.2. The van der Waals surface area contributed by atoms with Gasteiger partial charge in [-0.2, -0.15) is 5.10 Å². The van der Waals surface area contributed by atoms with Crippen LogP contribution in [-0.4, -0.2) is 52.1 Å². The SMILES string of the molecule is CC(=O)Nc1cc(N2CCC(C(=O)N3N=CC[C@H]3C3C=CC=CC3)CC2)ncn1. The van der Waals surface area contributed by atoms with E-state index in [1.807, 2.05) is 6.21 Å². The quantitative estimate of drug-likeness (QED) is 0.847. The molecule has 2 aliphatic heterocycles. The molecule has 1 N–H and O–H groups in total. The van der Waals surface area contributed by atoms with Gasteiger partial charge in [-0.05, 0) is 19.3 Å². The molecule has 1 aromatic rings. The summed E-state index contributed by atoms with van der Waals surface area (Å²) in [5.74, 6) is 1.54. The van der Waals surface area contributed by atoms with E-state index in [9.17, 15) is 9.59 Å². The van der Waals surface area contributed by atoms with Gasteiger partial charge in [-0.3, -0.25) is 9.59 Å². The molecule has 2 atom stereocenters. The van der Waals surface area contributed by atoms with E-state index in [2.05, 4.69) is 49.6 Å². The van der Waals surface area contributed by atoms with E-state index >= 15 is 0 Å². The van der Waals surface area contributed by atoms with Crippen LogP contribution < -0.4 is 10.2 Å². The van der Waals surface area contributed by atoms with Crippen molar-refractivity contribution in [2.24, 2.45) is 16.9 Å². The number of hydrazone groups is 1. The summed E-state index contributed by atoms with van der Waals surface area (Å²) >= 11 is 0. The Morgan fingerprint density at radius 2 is 1.97 bits per heavy atom. The van der Waals surface area contributed by atoms with Crippen molar-refractivity contribution in [1.82, 2.24) is 15.0 Å². The maximum atomic E-state index is 13.2. The third-order valence-corrected chi connectivity index (χ3v) is 5.73. The molecule has 1 saturated heterocycles. The van der Waals surface area contributed by atoms with Gasteiger partial charge in [0.25, 0.3) is 0 Å². The second kappa shape index (κ2) is 8.55. The summed E-state index contributed by atoms with van der Waals surface area (Å²) in [4.78, 5) is 34.9. The van der Waals surface area contributed by atoms with Crippen LogP contribution >= 0.6 is 0 Å². The van der Waals surface area contributed by atoms with Crippen LogP contribution in [0.2, 0.25) is 0 Å². The highest BCUT2D eigenvalue weighted by atomic mass is 16.2. The van der Waals surface area contributed by atoms with Crippen molar-refractivity contribution in [3.8, 4) is 0 Å². The fourth-order valence-corrected chi connectivity index (χ4v) is 4.20. The van der Waals surface area contributed by atoms with Crippen molar-refractivity contribution in [2.45, 2.75) is 38.6 Å². The highest BCUT2D eigenvalue weighted by molar-refractivity contribution is 5.88. The molecule has 0 radical (unpaired) electrons. The topological polar surface area (TPSA) is 90.8 Å². The molecule has 2 amide bonds. The molecule has 4 rings (SSSR count). The lowest BCUT2D eigenvalue weighted by atomic mass is 9.89. The monoisotopic (exact) mass is 394 g/mol. The van der Waals surface area contributed by atoms with Crippen molar-refractivity contribution in [2.75, 3.05) is 23.3 Å². The minimum atomic E-state index is -0.164. The summed E-state index contributed by atoms with van der Waals surface area (Å²) < 4.78 is 0. The molecule has 8 nitrogen and oxygen atoms in total. The van der Waals surface area contributed by atoms with E-state index in [4.69, 9.17) is 0 Å². The van der Waals surface area contributed by atoms with Crippen molar-refractivity contribution >= 4 is 29.7 Å². The molecule has 3 aliphatic rings. The van der Waals surface area contributed by atoms with Crippen LogP contribution in [0.4, 0.5) is 11.6 Å². The Balaban J connectivity index is 1.36. The van der Waals surface area contributed by atoms with E-state index in [-0.39, 0.29) is 23.8 Å². The summed E-state index contributed by atoms with van der Waals surface area (Å²) in [7, 11) is 0. The fourth-order valence-electron chi connectivity index (χ4n) is 4.20. The Bertz CT molecular complexity index is 856. The number of amides is 2. The first-order valence-corrected chi connectivity index (χ1v) is 10.2. The van der Waals surface area contributed by atoms with Crippen LogP contribution in [0.5, 0.6) is 0 Å². The Kier molecular flexibility index (Phi) is 5.69. The van der Waals surface area contributed by atoms with Gasteiger partial charge in [0, 0.05) is 50.6 Å². The minimum absolute atomic E-state index is 0.0243. The number of anilines is 2. The van der Waals surface area contributed by atoms with Crippen LogP contribution in [0.15, 0.2) is 41.8 Å². The lowest BCUT2D eigenvalue weighted by molar-refractivity contribution is -0.138. The van der Waals surface area contributed by atoms with Gasteiger partial charge in [-0.1, -0.05) is 24.3 Å². The van der Waals surface area contributed by atoms with Crippen LogP contribution in [0.25, 0.3) is 0 Å². The number of allylic oxidation sites excluding steroid dienone is 3. The van der Waals surface area contributed by atoms with Gasteiger partial charge in [0.1, 0.15) is 18.0 Å². The lowest BCUT2D eigenvalue weighted by Gasteiger charge is -2.35. The number of hydrogen-bond acceptors (Lipinski definition) is 6. The van der Waals surface area contributed by atoms with Crippen LogP contribution in [-0.2, 0) is 9.59 Å². The average molecular weight is 394 g/mol. The number of carbonyl (C=O) groups excluding carboxylic acids is 2. The predicted octanol–water partition coefficient (Wildman–Crippen LogP) is 2.37. The van der Waals surface area contributed by atoms with E-state index in [1.165, 1.54) is 13.3 Å². The van der Waals surface area contributed by atoms with Gasteiger partial charge in [-0.25, -0.2) is 15.0 Å². The Hall–Kier alpha value is -3.03. The molecule has 1 aromatic heterocycles. The first-order chi connectivity index (χ1) is 14.1. The second-order valence-electron chi connectivity index (χ2n) is 7.70. The smallest absolute Gasteiger partial charge is 0.246 e. The predicted molar refractivity (Wildman–Crippen MR) is 111 cm³/mol. The summed E-state index contributed by atoms with van der Waals surface area (Å²) in [5, 5.41) is 8.82. The fraction of sp³-hybridized carbons (Fsp3) is 0.476.